The molecule has 0 heterocycles. The van der Waals surface area contributed by atoms with Gasteiger partial charge in [0.15, 0.2) is 0 Å². The highest BCUT2D eigenvalue weighted by atomic mass is 32.2. The number of nitrogens with one attached hydrogen (secondary N) is 1. The molecule has 3 aromatic carbocycles. The van der Waals surface area contributed by atoms with Gasteiger partial charge in [0.25, 0.3) is 0 Å². The quantitative estimate of drug-likeness (QED) is 0.304. The summed E-state index contributed by atoms with van der Waals surface area (Å²) in [6.45, 7) is 3.62. The van der Waals surface area contributed by atoms with E-state index in [1.54, 1.807) is 24.3 Å². The molecule has 7 nitrogen and oxygen atoms in total. The zero-order valence-electron chi connectivity index (χ0n) is 24.5. The van der Waals surface area contributed by atoms with Gasteiger partial charge in [-0.15, -0.1) is 0 Å². The SMILES string of the molecule is CC(C)c1ccc(N(CC(=O)N(Cc2ccc(F)cc2)[C@@H](Cc2ccccc2)C(=O)NC2CCCC2)S(C)(=O)=O)cc1. The molecule has 9 heteroatoms. The number of rotatable bonds is 12. The Labute approximate surface area is 248 Å². The Balaban J connectivity index is 1.71. The smallest absolute Gasteiger partial charge is 0.244 e. The molecule has 0 unspecified atom stereocenters. The minimum absolute atomic E-state index is 0.0125. The van der Waals surface area contributed by atoms with Crippen molar-refractivity contribution in [3.63, 3.8) is 0 Å². The van der Waals surface area contributed by atoms with Gasteiger partial charge in [-0.1, -0.05) is 81.3 Å². The third kappa shape index (κ3) is 8.41. The Morgan fingerprint density at radius 1 is 0.905 bits per heavy atom. The molecule has 2 amide bonds. The van der Waals surface area contributed by atoms with Crippen molar-refractivity contribution in [2.45, 2.75) is 70.5 Å². The molecule has 4 rings (SSSR count). The van der Waals surface area contributed by atoms with Gasteiger partial charge in [0, 0.05) is 19.0 Å². The molecule has 1 N–H and O–H groups in total. The maximum absolute atomic E-state index is 14.2. The van der Waals surface area contributed by atoms with E-state index in [1.807, 2.05) is 56.3 Å². The summed E-state index contributed by atoms with van der Waals surface area (Å²) >= 11 is 0. The number of nitrogens with zero attached hydrogens (tertiary/aromatic N) is 2. The third-order valence-electron chi connectivity index (χ3n) is 7.77. The number of sulfonamides is 1. The Morgan fingerprint density at radius 2 is 1.52 bits per heavy atom. The van der Waals surface area contributed by atoms with Crippen LogP contribution in [0.1, 0.15) is 62.1 Å². The molecule has 224 valence electrons. The number of carbonyl (C=O) groups excluding carboxylic acids is 2. The van der Waals surface area contributed by atoms with Crippen LogP contribution in [-0.2, 0) is 32.6 Å². The lowest BCUT2D eigenvalue weighted by Gasteiger charge is -2.34. The number of halogens is 1. The van der Waals surface area contributed by atoms with Crippen molar-refractivity contribution >= 4 is 27.5 Å². The van der Waals surface area contributed by atoms with Gasteiger partial charge in [-0.3, -0.25) is 13.9 Å². The molecule has 0 saturated heterocycles. The van der Waals surface area contributed by atoms with Crippen molar-refractivity contribution in [3.8, 4) is 0 Å². The van der Waals surface area contributed by atoms with Crippen LogP contribution in [-0.4, -0.2) is 50.0 Å². The molecule has 1 aliphatic carbocycles. The van der Waals surface area contributed by atoms with Crippen LogP contribution in [0.5, 0.6) is 0 Å². The number of hydrogen-bond donors (Lipinski definition) is 1. The van der Waals surface area contributed by atoms with Gasteiger partial charge >= 0.3 is 0 Å². The molecule has 1 fully saturated rings. The molecule has 1 atom stereocenters. The maximum atomic E-state index is 14.2. The zero-order chi connectivity index (χ0) is 30.3. The van der Waals surface area contributed by atoms with E-state index in [0.717, 1.165) is 47.4 Å². The van der Waals surface area contributed by atoms with Crippen LogP contribution in [0.2, 0.25) is 0 Å². The van der Waals surface area contributed by atoms with Crippen LogP contribution in [0.15, 0.2) is 78.9 Å². The van der Waals surface area contributed by atoms with Crippen molar-refractivity contribution in [3.05, 3.63) is 101 Å². The minimum Gasteiger partial charge on any atom is -0.352 e. The highest BCUT2D eigenvalue weighted by Gasteiger charge is 2.34. The van der Waals surface area contributed by atoms with E-state index < -0.39 is 34.3 Å². The van der Waals surface area contributed by atoms with Crippen molar-refractivity contribution in [2.75, 3.05) is 17.1 Å². The maximum Gasteiger partial charge on any atom is 0.244 e. The van der Waals surface area contributed by atoms with E-state index >= 15 is 0 Å². The van der Waals surface area contributed by atoms with Crippen molar-refractivity contribution < 1.29 is 22.4 Å². The summed E-state index contributed by atoms with van der Waals surface area (Å²) < 4.78 is 40.7. The molecule has 0 spiro atoms. The monoisotopic (exact) mass is 593 g/mol. The summed E-state index contributed by atoms with van der Waals surface area (Å²) in [4.78, 5) is 29.4. The lowest BCUT2D eigenvalue weighted by molar-refractivity contribution is -0.140. The van der Waals surface area contributed by atoms with Crippen LogP contribution < -0.4 is 9.62 Å². The zero-order valence-corrected chi connectivity index (χ0v) is 25.3. The lowest BCUT2D eigenvalue weighted by atomic mass is 10.0. The number of hydrogen-bond acceptors (Lipinski definition) is 4. The van der Waals surface area contributed by atoms with E-state index in [0.29, 0.717) is 11.3 Å². The fraction of sp³-hybridized carbons (Fsp3) is 0.394. The summed E-state index contributed by atoms with van der Waals surface area (Å²) in [6, 6.07) is 21.4. The van der Waals surface area contributed by atoms with Crippen LogP contribution in [0.4, 0.5) is 10.1 Å². The largest absolute Gasteiger partial charge is 0.352 e. The van der Waals surface area contributed by atoms with Crippen molar-refractivity contribution in [2.24, 2.45) is 0 Å². The van der Waals surface area contributed by atoms with E-state index in [2.05, 4.69) is 5.32 Å². The van der Waals surface area contributed by atoms with Gasteiger partial charge in [-0.05, 0) is 59.7 Å². The summed E-state index contributed by atoms with van der Waals surface area (Å²) in [5.41, 5.74) is 2.91. The first-order chi connectivity index (χ1) is 20.0. The standard InChI is InChI=1S/C33H40FN3O4S/c1-24(2)27-15-19-30(20-16-27)37(42(3,40)41)23-32(38)36(22-26-13-17-28(34)18-14-26)31(21-25-9-5-4-6-10-25)33(39)35-29-11-7-8-12-29/h4-6,9-10,13-20,24,29,31H,7-8,11-12,21-23H2,1-3H3,(H,35,39)/t31-/m0/s1. The van der Waals surface area contributed by atoms with Crippen molar-refractivity contribution in [1.82, 2.24) is 10.2 Å². The Bertz CT molecular complexity index is 1440. The van der Waals surface area contributed by atoms with E-state index in [9.17, 15) is 22.4 Å². The Kier molecular flexibility index (Phi) is 10.4. The number of carbonyl (C=O) groups is 2. The number of anilines is 1. The average Bonchev–Trinajstić information content (AvgIpc) is 3.47. The molecule has 42 heavy (non-hydrogen) atoms. The molecule has 3 aromatic rings. The fourth-order valence-electron chi connectivity index (χ4n) is 5.35. The lowest BCUT2D eigenvalue weighted by Crippen LogP contribution is -2.54. The van der Waals surface area contributed by atoms with Gasteiger partial charge in [-0.2, -0.15) is 0 Å². The van der Waals surface area contributed by atoms with Crippen LogP contribution in [0.25, 0.3) is 0 Å². The average molecular weight is 594 g/mol. The number of amides is 2. The van der Waals surface area contributed by atoms with Crippen LogP contribution >= 0.6 is 0 Å². The predicted octanol–water partition coefficient (Wildman–Crippen LogP) is 5.41. The molecule has 1 aliphatic rings. The summed E-state index contributed by atoms with van der Waals surface area (Å²) in [6.07, 6.45) is 5.13. The van der Waals surface area contributed by atoms with E-state index in [4.69, 9.17) is 0 Å². The fourth-order valence-corrected chi connectivity index (χ4v) is 6.20. The molecular weight excluding hydrogens is 553 g/mol. The second kappa shape index (κ2) is 14.0. The van der Waals surface area contributed by atoms with Gasteiger partial charge in [0.05, 0.1) is 11.9 Å². The molecule has 0 aliphatic heterocycles. The van der Waals surface area contributed by atoms with Crippen LogP contribution in [0, 0.1) is 5.82 Å². The second-order valence-electron chi connectivity index (χ2n) is 11.4. The minimum atomic E-state index is -3.85. The normalized spacial score (nSPS) is 14.5. The summed E-state index contributed by atoms with van der Waals surface area (Å²) in [5, 5.41) is 3.14. The van der Waals surface area contributed by atoms with Crippen LogP contribution in [0.3, 0.4) is 0 Å². The van der Waals surface area contributed by atoms with E-state index in [1.165, 1.54) is 17.0 Å². The predicted molar refractivity (Wildman–Crippen MR) is 164 cm³/mol. The molecule has 1 saturated carbocycles. The summed E-state index contributed by atoms with van der Waals surface area (Å²) in [7, 11) is -3.85. The first-order valence-electron chi connectivity index (χ1n) is 14.5. The molecule has 0 radical (unpaired) electrons. The molecular formula is C33H40FN3O4S. The molecule has 0 aromatic heterocycles. The highest BCUT2D eigenvalue weighted by Crippen LogP contribution is 2.24. The van der Waals surface area contributed by atoms with Gasteiger partial charge in [0.2, 0.25) is 21.8 Å². The van der Waals surface area contributed by atoms with E-state index in [-0.39, 0.29) is 30.8 Å². The Morgan fingerprint density at radius 3 is 2.10 bits per heavy atom. The third-order valence-corrected chi connectivity index (χ3v) is 8.91. The number of benzene rings is 3. The van der Waals surface area contributed by atoms with Gasteiger partial charge in [0.1, 0.15) is 18.4 Å². The first-order valence-corrected chi connectivity index (χ1v) is 16.3. The Hall–Kier alpha value is -3.72. The molecule has 0 bridgehead atoms. The second-order valence-corrected chi connectivity index (χ2v) is 13.3. The first kappa shape index (κ1) is 31.2. The summed E-state index contributed by atoms with van der Waals surface area (Å²) in [5.74, 6) is -0.964. The topological polar surface area (TPSA) is 86.8 Å². The highest BCUT2D eigenvalue weighted by molar-refractivity contribution is 7.92. The van der Waals surface area contributed by atoms with Crippen molar-refractivity contribution in [1.29, 1.82) is 0 Å². The van der Waals surface area contributed by atoms with Gasteiger partial charge < -0.3 is 10.2 Å². The van der Waals surface area contributed by atoms with Gasteiger partial charge in [-0.25, -0.2) is 12.8 Å².